The van der Waals surface area contributed by atoms with E-state index >= 15 is 0 Å². The maximum atomic E-state index is 12.6. The van der Waals surface area contributed by atoms with Gasteiger partial charge >= 0.3 is 11.8 Å². The minimum atomic E-state index is -1.12. The number of aromatic nitrogens is 2. The predicted molar refractivity (Wildman–Crippen MR) is 136 cm³/mol. The molecule has 1 unspecified atom stereocenters. The molecule has 4 rings (SSSR count). The van der Waals surface area contributed by atoms with Gasteiger partial charge in [0.2, 0.25) is 0 Å². The highest BCUT2D eigenvalue weighted by molar-refractivity contribution is 5.60. The van der Waals surface area contributed by atoms with Gasteiger partial charge in [-0.25, -0.2) is 9.59 Å². The summed E-state index contributed by atoms with van der Waals surface area (Å²) in [5, 5.41) is 32.3. The molecule has 0 saturated carbocycles. The van der Waals surface area contributed by atoms with Gasteiger partial charge in [-0.2, -0.15) is 0 Å². The van der Waals surface area contributed by atoms with E-state index in [4.69, 9.17) is 14.2 Å². The Morgan fingerprint density at radius 3 is 2.30 bits per heavy atom. The van der Waals surface area contributed by atoms with Gasteiger partial charge in [-0.15, -0.1) is 0 Å². The number of nitro benzene ring substituents is 2. The van der Waals surface area contributed by atoms with Gasteiger partial charge in [0.15, 0.2) is 0 Å². The average Bonchev–Trinajstić information content (AvgIpc) is 3.29. The number of benzene rings is 2. The van der Waals surface area contributed by atoms with Crippen LogP contribution in [-0.2, 0) is 20.6 Å². The standard InChI is InChI=1S/C25H24N4O11/c1-14-12-27(24(32)26-23(14)31)22-11-19(30)21(39-22)13-38-25(33)40-20(16-4-8-18(9-5-16)29(36)37)10-15-2-6-17(7-3-15)28(34)35/h2-9,12,19-22,30H,10-11,13H2,1H3,(H,26,31,32)/t19-,20?,21+,22+/m0/s1. The Balaban J connectivity index is 1.43. The first-order valence-corrected chi connectivity index (χ1v) is 12.0. The molecule has 2 aromatic carbocycles. The summed E-state index contributed by atoms with van der Waals surface area (Å²) in [4.78, 5) is 59.4. The van der Waals surface area contributed by atoms with Gasteiger partial charge in [0.25, 0.3) is 16.9 Å². The number of carbonyl (C=O) groups excluding carboxylic acids is 1. The molecule has 1 saturated heterocycles. The van der Waals surface area contributed by atoms with Crippen LogP contribution in [0.1, 0.15) is 35.4 Å². The SMILES string of the molecule is Cc1cn([C@H]2C[C@H](O)[C@@H](COC(=O)OC(Cc3ccc([N+](=O)[O-])cc3)c3ccc([N+](=O)[O-])cc3)O2)c(=O)[nH]c1=O. The van der Waals surface area contributed by atoms with Crippen LogP contribution in [0.4, 0.5) is 16.2 Å². The average molecular weight is 556 g/mol. The zero-order chi connectivity index (χ0) is 29.0. The van der Waals surface area contributed by atoms with Gasteiger partial charge < -0.3 is 19.3 Å². The van der Waals surface area contributed by atoms with Crippen LogP contribution >= 0.6 is 0 Å². The number of aliphatic hydroxyl groups is 1. The van der Waals surface area contributed by atoms with Crippen LogP contribution in [0.2, 0.25) is 0 Å². The number of carbonyl (C=O) groups is 1. The number of nitrogens with one attached hydrogen (secondary N) is 1. The number of H-pyrrole nitrogens is 1. The van der Waals surface area contributed by atoms with Gasteiger partial charge in [0.1, 0.15) is 25.0 Å². The highest BCUT2D eigenvalue weighted by atomic mass is 16.7. The van der Waals surface area contributed by atoms with Crippen molar-refractivity contribution in [3.63, 3.8) is 0 Å². The molecular formula is C25H24N4O11. The van der Waals surface area contributed by atoms with E-state index in [-0.39, 0.29) is 29.8 Å². The van der Waals surface area contributed by atoms with Gasteiger partial charge in [0, 0.05) is 48.9 Å². The molecule has 210 valence electrons. The Kier molecular flexibility index (Phi) is 8.35. The van der Waals surface area contributed by atoms with Crippen molar-refractivity contribution in [2.75, 3.05) is 6.61 Å². The van der Waals surface area contributed by atoms with Gasteiger partial charge in [0.05, 0.1) is 16.0 Å². The maximum absolute atomic E-state index is 12.6. The number of rotatable bonds is 9. The summed E-state index contributed by atoms with van der Waals surface area (Å²) in [7, 11) is 0. The van der Waals surface area contributed by atoms with E-state index in [1.54, 1.807) is 0 Å². The Labute approximate surface area is 224 Å². The smallest absolute Gasteiger partial charge is 0.431 e. The van der Waals surface area contributed by atoms with Crippen molar-refractivity contribution in [2.24, 2.45) is 0 Å². The maximum Gasteiger partial charge on any atom is 0.508 e. The monoisotopic (exact) mass is 556 g/mol. The number of nitrogens with zero attached hydrogens (tertiary/aromatic N) is 3. The van der Waals surface area contributed by atoms with E-state index in [0.717, 1.165) is 4.57 Å². The van der Waals surface area contributed by atoms with Crippen LogP contribution in [0, 0.1) is 27.2 Å². The fraction of sp³-hybridized carbons (Fsp3) is 0.320. The molecule has 1 aliphatic heterocycles. The first kappa shape index (κ1) is 28.1. The van der Waals surface area contributed by atoms with Crippen molar-refractivity contribution in [1.29, 1.82) is 0 Å². The molecule has 15 nitrogen and oxygen atoms in total. The molecule has 0 spiro atoms. The second-order valence-electron chi connectivity index (χ2n) is 9.05. The molecule has 0 bridgehead atoms. The van der Waals surface area contributed by atoms with E-state index in [9.17, 15) is 39.7 Å². The topological polar surface area (TPSA) is 206 Å². The summed E-state index contributed by atoms with van der Waals surface area (Å²) in [5.74, 6) is 0. The summed E-state index contributed by atoms with van der Waals surface area (Å²) in [5.41, 5.74) is -0.287. The number of hydrogen-bond acceptors (Lipinski definition) is 11. The highest BCUT2D eigenvalue weighted by Gasteiger charge is 2.37. The van der Waals surface area contributed by atoms with E-state index in [1.807, 2.05) is 0 Å². The van der Waals surface area contributed by atoms with Crippen molar-refractivity contribution in [3.8, 4) is 0 Å². The molecule has 4 atom stereocenters. The van der Waals surface area contributed by atoms with E-state index in [0.29, 0.717) is 11.1 Å². The summed E-state index contributed by atoms with van der Waals surface area (Å²) in [6.07, 6.45) is -3.71. The first-order valence-electron chi connectivity index (χ1n) is 12.0. The third-order valence-electron chi connectivity index (χ3n) is 6.31. The fourth-order valence-corrected chi connectivity index (χ4v) is 4.14. The van der Waals surface area contributed by atoms with Crippen LogP contribution in [0.25, 0.3) is 0 Å². The number of nitro groups is 2. The van der Waals surface area contributed by atoms with E-state index < -0.39 is 58.4 Å². The molecule has 3 aromatic rings. The molecule has 1 aromatic heterocycles. The number of aromatic amines is 1. The molecule has 1 aliphatic rings. The Hall–Kier alpha value is -4.89. The molecule has 15 heteroatoms. The van der Waals surface area contributed by atoms with Crippen molar-refractivity contribution in [2.45, 2.75) is 44.3 Å². The van der Waals surface area contributed by atoms with Crippen molar-refractivity contribution >= 4 is 17.5 Å². The molecule has 0 amide bonds. The first-order chi connectivity index (χ1) is 19.0. The zero-order valence-electron chi connectivity index (χ0n) is 21.0. The van der Waals surface area contributed by atoms with Crippen molar-refractivity contribution < 1.29 is 34.0 Å². The number of aliphatic hydroxyl groups excluding tert-OH is 1. The summed E-state index contributed by atoms with van der Waals surface area (Å²) in [6.45, 7) is 1.09. The predicted octanol–water partition coefficient (Wildman–Crippen LogP) is 2.45. The van der Waals surface area contributed by atoms with Gasteiger partial charge in [-0.1, -0.05) is 12.1 Å². The largest absolute Gasteiger partial charge is 0.508 e. The molecule has 2 heterocycles. The summed E-state index contributed by atoms with van der Waals surface area (Å²) in [6, 6.07) is 10.9. The fourth-order valence-electron chi connectivity index (χ4n) is 4.14. The Bertz CT molecular complexity index is 1520. The third-order valence-corrected chi connectivity index (χ3v) is 6.31. The number of aryl methyl sites for hydroxylation is 1. The minimum Gasteiger partial charge on any atom is -0.431 e. The summed E-state index contributed by atoms with van der Waals surface area (Å²) >= 11 is 0. The quantitative estimate of drug-likeness (QED) is 0.222. The molecule has 0 radical (unpaired) electrons. The van der Waals surface area contributed by atoms with Crippen molar-refractivity contribution in [1.82, 2.24) is 9.55 Å². The molecule has 0 aliphatic carbocycles. The Morgan fingerprint density at radius 2 is 1.70 bits per heavy atom. The normalized spacial score (nSPS) is 19.1. The summed E-state index contributed by atoms with van der Waals surface area (Å²) < 4.78 is 17.5. The molecule has 2 N–H and O–H groups in total. The lowest BCUT2D eigenvalue weighted by atomic mass is 10.0. The van der Waals surface area contributed by atoms with E-state index in [1.165, 1.54) is 61.7 Å². The number of non-ortho nitro benzene ring substituents is 2. The van der Waals surface area contributed by atoms with E-state index in [2.05, 4.69) is 4.98 Å². The van der Waals surface area contributed by atoms with Crippen molar-refractivity contribution in [3.05, 3.63) is 112 Å². The van der Waals surface area contributed by atoms with Crippen LogP contribution in [0.5, 0.6) is 0 Å². The second kappa shape index (κ2) is 11.9. The molecule has 40 heavy (non-hydrogen) atoms. The lowest BCUT2D eigenvalue weighted by molar-refractivity contribution is -0.385. The van der Waals surface area contributed by atoms with Crippen LogP contribution in [0.15, 0.2) is 64.3 Å². The van der Waals surface area contributed by atoms with Crippen LogP contribution in [0.3, 0.4) is 0 Å². The van der Waals surface area contributed by atoms with Gasteiger partial charge in [-0.3, -0.25) is 34.6 Å². The van der Waals surface area contributed by atoms with Crippen LogP contribution in [-0.4, -0.2) is 49.5 Å². The minimum absolute atomic E-state index is 0.0000284. The number of ether oxygens (including phenoxy) is 3. The molecular weight excluding hydrogens is 532 g/mol. The highest BCUT2D eigenvalue weighted by Crippen LogP contribution is 2.29. The van der Waals surface area contributed by atoms with Gasteiger partial charge in [-0.05, 0) is 30.2 Å². The number of hydrogen-bond donors (Lipinski definition) is 2. The lowest BCUT2D eigenvalue weighted by Crippen LogP contribution is -2.33. The second-order valence-corrected chi connectivity index (χ2v) is 9.05. The third kappa shape index (κ3) is 6.57. The lowest BCUT2D eigenvalue weighted by Gasteiger charge is -2.20. The molecule has 1 fully saturated rings. The zero-order valence-corrected chi connectivity index (χ0v) is 21.0. The van der Waals surface area contributed by atoms with Crippen LogP contribution < -0.4 is 11.2 Å². The Morgan fingerprint density at radius 1 is 1.10 bits per heavy atom.